The second-order valence-corrected chi connectivity index (χ2v) is 10.9. The number of pyridine rings is 3. The number of fused-ring (bicyclic) bond motifs is 1. The van der Waals surface area contributed by atoms with Crippen molar-refractivity contribution in [3.8, 4) is 11.3 Å². The second kappa shape index (κ2) is 8.65. The highest BCUT2D eigenvalue weighted by molar-refractivity contribution is 7.88. The molecule has 5 heterocycles. The molecule has 0 aliphatic carbocycles. The van der Waals surface area contributed by atoms with Crippen LogP contribution in [0.3, 0.4) is 0 Å². The first-order valence-corrected chi connectivity index (χ1v) is 13.2. The Morgan fingerprint density at radius 2 is 1.88 bits per heavy atom. The first kappa shape index (κ1) is 21.7. The summed E-state index contributed by atoms with van der Waals surface area (Å²) in [7, 11) is -3.18. The molecule has 0 bridgehead atoms. The molecule has 1 N–H and O–H groups in total. The normalized spacial score (nSPS) is 17.4. The number of aromatic nitrogens is 4. The van der Waals surface area contributed by atoms with E-state index < -0.39 is 10.0 Å². The van der Waals surface area contributed by atoms with Crippen molar-refractivity contribution in [1.82, 2.24) is 24.2 Å². The molecule has 170 valence electrons. The monoisotopic (exact) mass is 481 g/mol. The maximum Gasteiger partial charge on any atom is 0.211 e. The van der Waals surface area contributed by atoms with Crippen molar-refractivity contribution in [3.05, 3.63) is 55.0 Å². The number of hydrogen-bond acceptors (Lipinski definition) is 9. The van der Waals surface area contributed by atoms with Crippen LogP contribution in [-0.4, -0.2) is 64.6 Å². The van der Waals surface area contributed by atoms with Crippen molar-refractivity contribution < 1.29 is 8.42 Å². The molecule has 33 heavy (non-hydrogen) atoms. The van der Waals surface area contributed by atoms with Gasteiger partial charge in [-0.05, 0) is 37.3 Å². The van der Waals surface area contributed by atoms with E-state index in [1.165, 1.54) is 21.9 Å². The number of piperazine rings is 1. The Kier molecular flexibility index (Phi) is 5.69. The molecule has 1 atom stereocenters. The first-order valence-electron chi connectivity index (χ1n) is 10.5. The maximum absolute atomic E-state index is 11.9. The van der Waals surface area contributed by atoms with Crippen molar-refractivity contribution in [2.75, 3.05) is 36.1 Å². The number of anilines is 3. The topological polar surface area (TPSA) is 104 Å². The van der Waals surface area contributed by atoms with Gasteiger partial charge in [-0.2, -0.15) is 4.31 Å². The van der Waals surface area contributed by atoms with E-state index in [4.69, 9.17) is 4.98 Å². The summed E-state index contributed by atoms with van der Waals surface area (Å²) >= 11 is 1.47. The number of nitrogens with zero attached hydrogens (tertiary/aromatic N) is 6. The van der Waals surface area contributed by atoms with E-state index >= 15 is 0 Å². The second-order valence-electron chi connectivity index (χ2n) is 7.96. The number of nitrogens with one attached hydrogen (secondary N) is 1. The van der Waals surface area contributed by atoms with Crippen LogP contribution in [0.4, 0.5) is 16.6 Å². The highest BCUT2D eigenvalue weighted by atomic mass is 32.2. The maximum atomic E-state index is 11.9. The van der Waals surface area contributed by atoms with Crippen LogP contribution < -0.4 is 10.2 Å². The van der Waals surface area contributed by atoms with Gasteiger partial charge in [-0.3, -0.25) is 4.98 Å². The number of sulfonamides is 1. The Morgan fingerprint density at radius 3 is 2.64 bits per heavy atom. The Hall–Kier alpha value is -3.15. The molecule has 0 unspecified atom stereocenters. The van der Waals surface area contributed by atoms with E-state index in [-0.39, 0.29) is 6.04 Å². The summed E-state index contributed by atoms with van der Waals surface area (Å²) in [6.45, 7) is 3.59. The van der Waals surface area contributed by atoms with Gasteiger partial charge < -0.3 is 10.2 Å². The van der Waals surface area contributed by atoms with Crippen molar-refractivity contribution >= 4 is 48.3 Å². The quantitative estimate of drug-likeness (QED) is 0.463. The molecule has 1 saturated heterocycles. The van der Waals surface area contributed by atoms with E-state index in [1.54, 1.807) is 18.6 Å². The Bertz CT molecular complexity index is 1390. The largest absolute Gasteiger partial charge is 0.366 e. The smallest absolute Gasteiger partial charge is 0.211 e. The fourth-order valence-corrected chi connectivity index (χ4v) is 5.68. The van der Waals surface area contributed by atoms with Gasteiger partial charge in [0.15, 0.2) is 5.13 Å². The fraction of sp³-hybridized carbons (Fsp3) is 0.273. The third kappa shape index (κ3) is 4.65. The molecule has 1 fully saturated rings. The fourth-order valence-electron chi connectivity index (χ4n) is 3.94. The van der Waals surface area contributed by atoms with Gasteiger partial charge in [-0.25, -0.2) is 23.4 Å². The van der Waals surface area contributed by atoms with E-state index in [2.05, 4.69) is 25.2 Å². The molecular formula is C22H23N7O2S2. The Labute approximate surface area is 196 Å². The van der Waals surface area contributed by atoms with E-state index in [0.717, 1.165) is 27.3 Å². The standard InChI is InChI=1S/C22H23N7O2S2/c1-15-14-28(33(2,30)31)11-12-29(15)17-7-10-24-20(13-17)27-22-26-19-4-3-18(25-21(19)32-22)16-5-8-23-9-6-16/h3-10,13,15H,11-12,14H2,1-2H3,(H,24,26,27)/t15-/m0/s1. The van der Waals surface area contributed by atoms with Gasteiger partial charge in [0.05, 0.1) is 11.9 Å². The third-order valence-corrected chi connectivity index (χ3v) is 7.75. The van der Waals surface area contributed by atoms with Gasteiger partial charge in [0.1, 0.15) is 16.2 Å². The molecule has 0 saturated carbocycles. The van der Waals surface area contributed by atoms with Crippen LogP contribution in [-0.2, 0) is 10.0 Å². The van der Waals surface area contributed by atoms with Crippen LogP contribution in [0, 0.1) is 0 Å². The molecule has 4 aromatic heterocycles. The van der Waals surface area contributed by atoms with E-state index in [1.807, 2.05) is 43.3 Å². The van der Waals surface area contributed by atoms with Crippen LogP contribution in [0.5, 0.6) is 0 Å². The molecule has 0 amide bonds. The Morgan fingerprint density at radius 1 is 1.06 bits per heavy atom. The molecule has 9 nitrogen and oxygen atoms in total. The van der Waals surface area contributed by atoms with Crippen molar-refractivity contribution in [1.29, 1.82) is 0 Å². The SMILES string of the molecule is C[C@H]1CN(S(C)(=O)=O)CCN1c1ccnc(Nc2nc3ccc(-c4ccncc4)nc3s2)c1. The Balaban J connectivity index is 1.34. The lowest BCUT2D eigenvalue weighted by atomic mass is 10.2. The molecule has 4 aromatic rings. The van der Waals surface area contributed by atoms with Gasteiger partial charge in [-0.15, -0.1) is 0 Å². The minimum atomic E-state index is -3.18. The van der Waals surface area contributed by atoms with Crippen LogP contribution in [0.15, 0.2) is 55.0 Å². The molecule has 0 aromatic carbocycles. The number of rotatable bonds is 5. The zero-order valence-electron chi connectivity index (χ0n) is 18.2. The lowest BCUT2D eigenvalue weighted by molar-refractivity contribution is 0.345. The predicted octanol–water partition coefficient (Wildman–Crippen LogP) is 3.36. The minimum Gasteiger partial charge on any atom is -0.366 e. The van der Waals surface area contributed by atoms with Crippen LogP contribution >= 0.6 is 11.3 Å². The van der Waals surface area contributed by atoms with Gasteiger partial charge >= 0.3 is 0 Å². The van der Waals surface area contributed by atoms with Crippen molar-refractivity contribution in [2.45, 2.75) is 13.0 Å². The summed E-state index contributed by atoms with van der Waals surface area (Å²) in [4.78, 5) is 20.9. The predicted molar refractivity (Wildman–Crippen MR) is 131 cm³/mol. The molecule has 0 radical (unpaired) electrons. The zero-order chi connectivity index (χ0) is 23.0. The molecular weight excluding hydrogens is 458 g/mol. The lowest BCUT2D eigenvalue weighted by Crippen LogP contribution is -2.53. The summed E-state index contributed by atoms with van der Waals surface area (Å²) in [5.41, 5.74) is 3.70. The summed E-state index contributed by atoms with van der Waals surface area (Å²) in [6, 6.07) is 11.8. The first-order chi connectivity index (χ1) is 15.9. The van der Waals surface area contributed by atoms with Gasteiger partial charge in [0.25, 0.3) is 0 Å². The van der Waals surface area contributed by atoms with Crippen molar-refractivity contribution in [2.24, 2.45) is 0 Å². The molecule has 0 spiro atoms. The van der Waals surface area contributed by atoms with Crippen LogP contribution in [0.25, 0.3) is 21.6 Å². The molecule has 1 aliphatic rings. The third-order valence-electron chi connectivity index (χ3n) is 5.60. The van der Waals surface area contributed by atoms with Crippen LogP contribution in [0.2, 0.25) is 0 Å². The van der Waals surface area contributed by atoms with Crippen LogP contribution in [0.1, 0.15) is 6.92 Å². The number of thiazole rings is 1. The van der Waals surface area contributed by atoms with Gasteiger partial charge in [-0.1, -0.05) is 11.3 Å². The van der Waals surface area contributed by atoms with Crippen molar-refractivity contribution in [3.63, 3.8) is 0 Å². The lowest BCUT2D eigenvalue weighted by Gasteiger charge is -2.40. The highest BCUT2D eigenvalue weighted by Crippen LogP contribution is 2.30. The molecule has 5 rings (SSSR count). The minimum absolute atomic E-state index is 0.0574. The summed E-state index contributed by atoms with van der Waals surface area (Å²) < 4.78 is 25.3. The average molecular weight is 482 g/mol. The summed E-state index contributed by atoms with van der Waals surface area (Å²) in [5, 5.41) is 4.01. The van der Waals surface area contributed by atoms with Gasteiger partial charge in [0.2, 0.25) is 10.0 Å². The van der Waals surface area contributed by atoms with E-state index in [0.29, 0.717) is 30.6 Å². The molecule has 1 aliphatic heterocycles. The summed E-state index contributed by atoms with van der Waals surface area (Å²) in [5.74, 6) is 0.679. The van der Waals surface area contributed by atoms with Gasteiger partial charge in [0, 0.05) is 61.6 Å². The zero-order valence-corrected chi connectivity index (χ0v) is 19.8. The van der Waals surface area contributed by atoms with E-state index in [9.17, 15) is 8.42 Å². The average Bonchev–Trinajstić information content (AvgIpc) is 3.20. The molecule has 11 heteroatoms. The number of hydrogen-bond donors (Lipinski definition) is 1. The summed E-state index contributed by atoms with van der Waals surface area (Å²) in [6.07, 6.45) is 6.51. The highest BCUT2D eigenvalue weighted by Gasteiger charge is 2.29.